The fraction of sp³-hybridized carbons (Fsp3) is 0.682. The number of nitrogens with zero attached hydrogens (tertiary/aromatic N) is 3. The molecule has 2 aliphatic heterocycles. The predicted octanol–water partition coefficient (Wildman–Crippen LogP) is 3.43. The average molecular weight is 370 g/mol. The Hall–Kier alpha value is -1.91. The molecule has 27 heavy (non-hydrogen) atoms. The molecule has 0 bridgehead atoms. The standard InChI is InChI=1S/C22H31N3O2/c1-17-7-5-10-19(23-17)20(26)25-14-12-22(16-25)11-6-13-24(21(22)27)15-18-8-3-2-4-9-18/h5,7,10,18H,2-4,6,8-9,11-16H2,1H3/t22-/m1/s1. The summed E-state index contributed by atoms with van der Waals surface area (Å²) in [6, 6.07) is 5.55. The first-order chi connectivity index (χ1) is 13.1. The molecule has 0 aromatic carbocycles. The molecule has 1 aromatic heterocycles. The molecule has 1 aromatic rings. The van der Waals surface area contributed by atoms with Crippen LogP contribution in [0, 0.1) is 18.3 Å². The molecule has 0 radical (unpaired) electrons. The Labute approximate surface area is 162 Å². The Balaban J connectivity index is 1.43. The van der Waals surface area contributed by atoms with Gasteiger partial charge in [-0.25, -0.2) is 4.98 Å². The number of hydrogen-bond donors (Lipinski definition) is 0. The maximum Gasteiger partial charge on any atom is 0.272 e. The number of pyridine rings is 1. The average Bonchev–Trinajstić information content (AvgIpc) is 3.11. The Bertz CT molecular complexity index is 713. The highest BCUT2D eigenvalue weighted by atomic mass is 16.2. The van der Waals surface area contributed by atoms with Crippen molar-refractivity contribution in [2.24, 2.45) is 11.3 Å². The van der Waals surface area contributed by atoms with Crippen molar-refractivity contribution in [1.29, 1.82) is 0 Å². The zero-order valence-electron chi connectivity index (χ0n) is 16.5. The third-order valence-electron chi connectivity index (χ3n) is 6.78. The number of hydrogen-bond acceptors (Lipinski definition) is 3. The molecule has 2 saturated heterocycles. The number of piperidine rings is 1. The first kappa shape index (κ1) is 18.5. The lowest BCUT2D eigenvalue weighted by Gasteiger charge is -2.41. The maximum absolute atomic E-state index is 13.4. The summed E-state index contributed by atoms with van der Waals surface area (Å²) in [5, 5.41) is 0. The van der Waals surface area contributed by atoms with Gasteiger partial charge in [0.2, 0.25) is 5.91 Å². The molecule has 146 valence electrons. The van der Waals surface area contributed by atoms with Crippen LogP contribution in [-0.4, -0.2) is 52.8 Å². The smallest absolute Gasteiger partial charge is 0.272 e. The van der Waals surface area contributed by atoms with Crippen molar-refractivity contribution in [2.45, 2.75) is 58.3 Å². The molecule has 4 rings (SSSR count). The van der Waals surface area contributed by atoms with Gasteiger partial charge in [-0.1, -0.05) is 25.3 Å². The number of aromatic nitrogens is 1. The molecule has 2 amide bonds. The van der Waals surface area contributed by atoms with E-state index < -0.39 is 0 Å². The number of likely N-dealkylation sites (tertiary alicyclic amines) is 2. The van der Waals surface area contributed by atoms with E-state index in [1.807, 2.05) is 24.0 Å². The van der Waals surface area contributed by atoms with Crippen molar-refractivity contribution in [3.8, 4) is 0 Å². The highest BCUT2D eigenvalue weighted by Crippen LogP contribution is 2.41. The van der Waals surface area contributed by atoms with Crippen molar-refractivity contribution in [3.63, 3.8) is 0 Å². The molecule has 1 aliphatic carbocycles. The molecule has 3 fully saturated rings. The van der Waals surface area contributed by atoms with Crippen LogP contribution in [0.5, 0.6) is 0 Å². The van der Waals surface area contributed by atoms with Crippen molar-refractivity contribution in [3.05, 3.63) is 29.6 Å². The maximum atomic E-state index is 13.4. The third-order valence-corrected chi connectivity index (χ3v) is 6.78. The van der Waals surface area contributed by atoms with E-state index in [0.29, 0.717) is 30.6 Å². The molecule has 1 atom stereocenters. The number of rotatable bonds is 3. The SMILES string of the molecule is Cc1cccc(C(=O)N2CC[C@]3(CCCN(CC4CCCCC4)C3=O)C2)n1. The lowest BCUT2D eigenvalue weighted by Crippen LogP contribution is -2.51. The Kier molecular flexibility index (Phi) is 5.20. The van der Waals surface area contributed by atoms with E-state index >= 15 is 0 Å². The predicted molar refractivity (Wildman–Crippen MR) is 104 cm³/mol. The summed E-state index contributed by atoms with van der Waals surface area (Å²) in [6.07, 6.45) is 9.26. The highest BCUT2D eigenvalue weighted by molar-refractivity contribution is 5.94. The Morgan fingerprint density at radius 1 is 1.15 bits per heavy atom. The van der Waals surface area contributed by atoms with Gasteiger partial charge in [-0.15, -0.1) is 0 Å². The van der Waals surface area contributed by atoms with Gasteiger partial charge in [0.15, 0.2) is 0 Å². The highest BCUT2D eigenvalue weighted by Gasteiger charge is 2.49. The van der Waals surface area contributed by atoms with Crippen LogP contribution in [0.1, 0.15) is 67.5 Å². The number of amides is 2. The second-order valence-corrected chi connectivity index (χ2v) is 8.78. The topological polar surface area (TPSA) is 53.5 Å². The van der Waals surface area contributed by atoms with Crippen LogP contribution in [0.15, 0.2) is 18.2 Å². The Morgan fingerprint density at radius 2 is 1.96 bits per heavy atom. The van der Waals surface area contributed by atoms with Crippen molar-refractivity contribution in [1.82, 2.24) is 14.8 Å². The van der Waals surface area contributed by atoms with Crippen molar-refractivity contribution >= 4 is 11.8 Å². The van der Waals surface area contributed by atoms with Gasteiger partial charge in [0.05, 0.1) is 5.41 Å². The monoisotopic (exact) mass is 369 g/mol. The fourth-order valence-corrected chi connectivity index (χ4v) is 5.26. The first-order valence-electron chi connectivity index (χ1n) is 10.6. The molecule has 1 spiro atoms. The molecular formula is C22H31N3O2. The summed E-state index contributed by atoms with van der Waals surface area (Å²) in [4.78, 5) is 34.6. The zero-order chi connectivity index (χ0) is 18.9. The lowest BCUT2D eigenvalue weighted by molar-refractivity contribution is -0.146. The minimum Gasteiger partial charge on any atom is -0.342 e. The summed E-state index contributed by atoms with van der Waals surface area (Å²) in [5.41, 5.74) is 0.989. The molecule has 5 nitrogen and oxygen atoms in total. The van der Waals surface area contributed by atoms with E-state index in [1.54, 1.807) is 6.07 Å². The van der Waals surface area contributed by atoms with Crippen LogP contribution in [0.25, 0.3) is 0 Å². The van der Waals surface area contributed by atoms with Crippen LogP contribution in [0.4, 0.5) is 0 Å². The Morgan fingerprint density at radius 3 is 2.74 bits per heavy atom. The summed E-state index contributed by atoms with van der Waals surface area (Å²) >= 11 is 0. The molecule has 3 aliphatic rings. The van der Waals surface area contributed by atoms with Crippen LogP contribution >= 0.6 is 0 Å². The fourth-order valence-electron chi connectivity index (χ4n) is 5.26. The molecule has 0 unspecified atom stereocenters. The van der Waals surface area contributed by atoms with Crippen LogP contribution in [0.2, 0.25) is 0 Å². The van der Waals surface area contributed by atoms with Crippen LogP contribution in [0.3, 0.4) is 0 Å². The summed E-state index contributed by atoms with van der Waals surface area (Å²) < 4.78 is 0. The van der Waals surface area contributed by atoms with Gasteiger partial charge in [0, 0.05) is 31.9 Å². The van der Waals surface area contributed by atoms with Gasteiger partial charge in [-0.3, -0.25) is 9.59 Å². The normalized spacial score (nSPS) is 26.8. The molecular weight excluding hydrogens is 338 g/mol. The van der Waals surface area contributed by atoms with Crippen LogP contribution < -0.4 is 0 Å². The summed E-state index contributed by atoms with van der Waals surface area (Å²) in [7, 11) is 0. The van der Waals surface area contributed by atoms with Gasteiger partial charge < -0.3 is 9.80 Å². The van der Waals surface area contributed by atoms with E-state index in [-0.39, 0.29) is 11.3 Å². The second kappa shape index (κ2) is 7.61. The van der Waals surface area contributed by atoms with Gasteiger partial charge in [0.25, 0.3) is 5.91 Å². The van der Waals surface area contributed by atoms with Gasteiger partial charge in [-0.2, -0.15) is 0 Å². The minimum atomic E-state index is -0.355. The van der Waals surface area contributed by atoms with E-state index in [1.165, 1.54) is 32.1 Å². The molecule has 1 saturated carbocycles. The largest absolute Gasteiger partial charge is 0.342 e. The summed E-state index contributed by atoms with van der Waals surface area (Å²) in [5.74, 6) is 0.938. The van der Waals surface area contributed by atoms with E-state index in [0.717, 1.165) is 38.0 Å². The quantitative estimate of drug-likeness (QED) is 0.820. The molecule has 3 heterocycles. The third kappa shape index (κ3) is 3.74. The van der Waals surface area contributed by atoms with Crippen molar-refractivity contribution < 1.29 is 9.59 Å². The van der Waals surface area contributed by atoms with E-state index in [9.17, 15) is 9.59 Å². The van der Waals surface area contributed by atoms with Gasteiger partial charge in [-0.05, 0) is 57.1 Å². The van der Waals surface area contributed by atoms with Gasteiger partial charge in [0.1, 0.15) is 5.69 Å². The number of aryl methyl sites for hydroxylation is 1. The number of carbonyl (C=O) groups is 2. The molecule has 5 heteroatoms. The van der Waals surface area contributed by atoms with Crippen LogP contribution in [-0.2, 0) is 4.79 Å². The lowest BCUT2D eigenvalue weighted by atomic mass is 9.77. The summed E-state index contributed by atoms with van der Waals surface area (Å²) in [6.45, 7) is 4.94. The van der Waals surface area contributed by atoms with Crippen molar-refractivity contribution in [2.75, 3.05) is 26.2 Å². The van der Waals surface area contributed by atoms with E-state index in [2.05, 4.69) is 9.88 Å². The van der Waals surface area contributed by atoms with Gasteiger partial charge >= 0.3 is 0 Å². The first-order valence-corrected chi connectivity index (χ1v) is 10.6. The second-order valence-electron chi connectivity index (χ2n) is 8.78. The zero-order valence-corrected chi connectivity index (χ0v) is 16.5. The van der Waals surface area contributed by atoms with E-state index in [4.69, 9.17) is 0 Å². The minimum absolute atomic E-state index is 0.0345. The molecule has 0 N–H and O–H groups in total. The number of carbonyl (C=O) groups excluding carboxylic acids is 2.